The van der Waals surface area contributed by atoms with Crippen molar-refractivity contribution in [3.05, 3.63) is 95.0 Å². The minimum absolute atomic E-state index is 0.234. The standard InChI is InChI=1S/C26H22ClFN4O3/c27-21-6-3-5-20(25(21)23-13-22(31-32-23)16-7-9-18(28)10-8-16)26(35)30-14-17(24(34)15-33)12-19-4-1-2-11-29-19/h1-11,13-14,17,24,33-34H,12,15H2,(H,31,32)/t17?,24-/m1/s1. The quantitative estimate of drug-likeness (QED) is 0.316. The van der Waals surface area contributed by atoms with Gasteiger partial charge in [-0.25, -0.2) is 9.38 Å². The van der Waals surface area contributed by atoms with Crippen molar-refractivity contribution in [2.24, 2.45) is 10.9 Å². The lowest BCUT2D eigenvalue weighted by Crippen LogP contribution is -2.28. The Hall–Kier alpha value is -3.72. The zero-order chi connectivity index (χ0) is 24.8. The topological polar surface area (TPSA) is 111 Å². The Bertz CT molecular complexity index is 1330. The maximum absolute atomic E-state index is 13.3. The van der Waals surface area contributed by atoms with Crippen LogP contribution in [0.1, 0.15) is 16.1 Å². The van der Waals surface area contributed by atoms with Crippen molar-refractivity contribution in [3.63, 3.8) is 0 Å². The second kappa shape index (κ2) is 11.1. The van der Waals surface area contributed by atoms with Crippen LogP contribution in [-0.2, 0) is 6.42 Å². The molecule has 0 saturated heterocycles. The molecule has 35 heavy (non-hydrogen) atoms. The molecule has 0 spiro atoms. The van der Waals surface area contributed by atoms with Gasteiger partial charge < -0.3 is 10.2 Å². The van der Waals surface area contributed by atoms with Gasteiger partial charge in [0.05, 0.1) is 34.7 Å². The lowest BCUT2D eigenvalue weighted by molar-refractivity contribution is 0.0698. The molecule has 1 unspecified atom stereocenters. The zero-order valence-electron chi connectivity index (χ0n) is 18.5. The monoisotopic (exact) mass is 492 g/mol. The Morgan fingerprint density at radius 3 is 2.66 bits per heavy atom. The Morgan fingerprint density at radius 2 is 1.94 bits per heavy atom. The van der Waals surface area contributed by atoms with Crippen molar-refractivity contribution in [2.75, 3.05) is 6.61 Å². The second-order valence-corrected chi connectivity index (χ2v) is 8.27. The highest BCUT2D eigenvalue weighted by atomic mass is 35.5. The Balaban J connectivity index is 1.62. The molecule has 3 N–H and O–H groups in total. The summed E-state index contributed by atoms with van der Waals surface area (Å²) in [5.74, 6) is -1.55. The number of carbonyl (C=O) groups is 1. The smallest absolute Gasteiger partial charge is 0.277 e. The van der Waals surface area contributed by atoms with Gasteiger partial charge in [-0.15, -0.1) is 0 Å². The maximum Gasteiger partial charge on any atom is 0.277 e. The van der Waals surface area contributed by atoms with E-state index in [-0.39, 0.29) is 11.4 Å². The van der Waals surface area contributed by atoms with Crippen molar-refractivity contribution in [1.82, 2.24) is 15.2 Å². The summed E-state index contributed by atoms with van der Waals surface area (Å²) in [6, 6.07) is 17.9. The molecule has 2 aromatic heterocycles. The third-order valence-corrected chi connectivity index (χ3v) is 5.78. The van der Waals surface area contributed by atoms with Crippen LogP contribution in [0.3, 0.4) is 0 Å². The lowest BCUT2D eigenvalue weighted by Gasteiger charge is -2.16. The first-order valence-electron chi connectivity index (χ1n) is 10.8. The van der Waals surface area contributed by atoms with E-state index in [0.29, 0.717) is 39.7 Å². The van der Waals surface area contributed by atoms with E-state index in [1.54, 1.807) is 54.7 Å². The molecule has 0 aliphatic rings. The molecule has 2 heterocycles. The van der Waals surface area contributed by atoms with Crippen LogP contribution in [-0.4, -0.2) is 50.2 Å². The number of pyridine rings is 1. The molecular formula is C26H22ClFN4O3. The number of carbonyl (C=O) groups excluding carboxylic acids is 1. The van der Waals surface area contributed by atoms with Crippen LogP contribution < -0.4 is 0 Å². The van der Waals surface area contributed by atoms with Crippen LogP contribution in [0, 0.1) is 11.7 Å². The number of aliphatic hydroxyl groups is 2. The van der Waals surface area contributed by atoms with Gasteiger partial charge in [0.15, 0.2) is 0 Å². The fourth-order valence-corrected chi connectivity index (χ4v) is 3.89. The van der Waals surface area contributed by atoms with Gasteiger partial charge in [-0.1, -0.05) is 23.7 Å². The van der Waals surface area contributed by atoms with E-state index in [0.717, 1.165) is 0 Å². The number of benzene rings is 2. The molecule has 0 saturated carbocycles. The van der Waals surface area contributed by atoms with Crippen LogP contribution in [0.4, 0.5) is 4.39 Å². The second-order valence-electron chi connectivity index (χ2n) is 7.86. The summed E-state index contributed by atoms with van der Waals surface area (Å²) in [6.07, 6.45) is 2.14. The number of aromatic amines is 1. The fourth-order valence-electron chi connectivity index (χ4n) is 3.61. The van der Waals surface area contributed by atoms with E-state index in [2.05, 4.69) is 20.2 Å². The van der Waals surface area contributed by atoms with Crippen LogP contribution >= 0.6 is 11.6 Å². The average molecular weight is 493 g/mol. The molecule has 9 heteroatoms. The summed E-state index contributed by atoms with van der Waals surface area (Å²) in [5.41, 5.74) is 3.09. The highest BCUT2D eigenvalue weighted by Crippen LogP contribution is 2.33. The first-order valence-corrected chi connectivity index (χ1v) is 11.2. The SMILES string of the molecule is O=C(N=CC(Cc1ccccn1)[C@H](O)CO)c1cccc(Cl)c1-c1cc(-c2ccc(F)cc2)n[nH]1. The fraction of sp³-hybridized carbons (Fsp3) is 0.154. The number of halogens is 2. The van der Waals surface area contributed by atoms with Gasteiger partial charge in [-0.2, -0.15) is 5.10 Å². The molecule has 4 aromatic rings. The molecule has 1 amide bonds. The van der Waals surface area contributed by atoms with Crippen LogP contribution in [0.5, 0.6) is 0 Å². The van der Waals surface area contributed by atoms with E-state index in [1.165, 1.54) is 18.3 Å². The maximum atomic E-state index is 13.3. The van der Waals surface area contributed by atoms with E-state index in [4.69, 9.17) is 11.6 Å². The van der Waals surface area contributed by atoms with E-state index in [1.807, 2.05) is 6.07 Å². The number of amides is 1. The van der Waals surface area contributed by atoms with Gasteiger partial charge in [0.1, 0.15) is 5.82 Å². The van der Waals surface area contributed by atoms with Gasteiger partial charge >= 0.3 is 0 Å². The highest BCUT2D eigenvalue weighted by molar-refractivity contribution is 6.34. The molecular weight excluding hydrogens is 471 g/mol. The van der Waals surface area contributed by atoms with Gasteiger partial charge in [-0.3, -0.25) is 14.9 Å². The minimum atomic E-state index is -1.11. The molecule has 0 radical (unpaired) electrons. The van der Waals surface area contributed by atoms with Gasteiger partial charge in [0.2, 0.25) is 0 Å². The number of H-pyrrole nitrogens is 1. The molecule has 0 bridgehead atoms. The molecule has 7 nitrogen and oxygen atoms in total. The third-order valence-electron chi connectivity index (χ3n) is 5.47. The van der Waals surface area contributed by atoms with E-state index in [9.17, 15) is 19.4 Å². The highest BCUT2D eigenvalue weighted by Gasteiger charge is 2.21. The first kappa shape index (κ1) is 24.4. The molecule has 4 rings (SSSR count). The van der Waals surface area contributed by atoms with Crippen LogP contribution in [0.2, 0.25) is 5.02 Å². The number of aliphatic hydroxyl groups excluding tert-OH is 2. The normalized spacial score (nSPS) is 13.1. The number of nitrogens with zero attached hydrogens (tertiary/aromatic N) is 3. The Kier molecular flexibility index (Phi) is 7.77. The van der Waals surface area contributed by atoms with Crippen LogP contribution in [0.25, 0.3) is 22.5 Å². The Labute approximate surface area is 206 Å². The number of nitrogens with one attached hydrogen (secondary N) is 1. The Morgan fingerprint density at radius 1 is 1.14 bits per heavy atom. The summed E-state index contributed by atoms with van der Waals surface area (Å²) < 4.78 is 13.3. The van der Waals surface area contributed by atoms with E-state index < -0.39 is 24.5 Å². The van der Waals surface area contributed by atoms with Crippen LogP contribution in [0.15, 0.2) is 77.9 Å². The number of hydrogen-bond donors (Lipinski definition) is 3. The number of rotatable bonds is 8. The molecule has 178 valence electrons. The van der Waals surface area contributed by atoms with Gasteiger partial charge in [0.25, 0.3) is 5.91 Å². The zero-order valence-corrected chi connectivity index (χ0v) is 19.2. The van der Waals surface area contributed by atoms with Crippen molar-refractivity contribution in [1.29, 1.82) is 0 Å². The summed E-state index contributed by atoms with van der Waals surface area (Å²) in [4.78, 5) is 21.4. The van der Waals surface area contributed by atoms with Crippen molar-refractivity contribution in [2.45, 2.75) is 12.5 Å². The molecule has 0 aliphatic carbocycles. The van der Waals surface area contributed by atoms with Crippen molar-refractivity contribution in [3.8, 4) is 22.5 Å². The minimum Gasteiger partial charge on any atom is -0.394 e. The molecule has 0 aliphatic heterocycles. The average Bonchev–Trinajstić information content (AvgIpc) is 3.36. The summed E-state index contributed by atoms with van der Waals surface area (Å²) >= 11 is 6.44. The molecule has 2 atom stereocenters. The first-order chi connectivity index (χ1) is 17.0. The number of aliphatic imine (C=N–C) groups is 1. The predicted octanol–water partition coefficient (Wildman–Crippen LogP) is 4.35. The molecule has 0 fully saturated rings. The van der Waals surface area contributed by atoms with Crippen molar-refractivity contribution < 1.29 is 19.4 Å². The number of aromatic nitrogens is 3. The number of hydrogen-bond acceptors (Lipinski definition) is 5. The largest absolute Gasteiger partial charge is 0.394 e. The van der Waals surface area contributed by atoms with Gasteiger partial charge in [-0.05, 0) is 61.0 Å². The van der Waals surface area contributed by atoms with Crippen molar-refractivity contribution >= 4 is 23.7 Å². The third kappa shape index (κ3) is 5.86. The summed E-state index contributed by atoms with van der Waals surface area (Å²) in [5, 5.41) is 27.1. The summed E-state index contributed by atoms with van der Waals surface area (Å²) in [7, 11) is 0. The predicted molar refractivity (Wildman–Crippen MR) is 132 cm³/mol. The molecule has 2 aromatic carbocycles. The van der Waals surface area contributed by atoms with Gasteiger partial charge in [0, 0.05) is 35.2 Å². The lowest BCUT2D eigenvalue weighted by atomic mass is 9.98. The van der Waals surface area contributed by atoms with E-state index >= 15 is 0 Å². The summed E-state index contributed by atoms with van der Waals surface area (Å²) in [6.45, 7) is -0.486.